The number of epoxide rings is 1. The van der Waals surface area contributed by atoms with Gasteiger partial charge in [-0.1, -0.05) is 6.42 Å². The van der Waals surface area contributed by atoms with Gasteiger partial charge in [0.05, 0.1) is 17.3 Å². The molecule has 1 saturated heterocycles. The summed E-state index contributed by atoms with van der Waals surface area (Å²) >= 11 is 0. The van der Waals surface area contributed by atoms with Crippen LogP contribution in [0.25, 0.3) is 0 Å². The molecule has 1 aliphatic heterocycles. The van der Waals surface area contributed by atoms with Crippen molar-refractivity contribution in [2.75, 3.05) is 0 Å². The molecule has 1 heterocycles. The summed E-state index contributed by atoms with van der Waals surface area (Å²) in [7, 11) is 0. The third-order valence-corrected chi connectivity index (χ3v) is 3.76. The fourth-order valence-electron chi connectivity index (χ4n) is 2.53. The predicted octanol–water partition coefficient (Wildman–Crippen LogP) is 2.10. The van der Waals surface area contributed by atoms with E-state index in [2.05, 4.69) is 6.92 Å². The summed E-state index contributed by atoms with van der Waals surface area (Å²) in [6.07, 6.45) is 4.98. The van der Waals surface area contributed by atoms with Crippen molar-refractivity contribution in [3.05, 3.63) is 0 Å². The number of hydrogen-bond acceptors (Lipinski definition) is 2. The topological polar surface area (TPSA) is 32.8 Å². The average Bonchev–Trinajstić information content (AvgIpc) is 2.57. The van der Waals surface area contributed by atoms with E-state index in [-0.39, 0.29) is 5.60 Å². The van der Waals surface area contributed by atoms with Gasteiger partial charge in [0.25, 0.3) is 0 Å². The molecule has 0 radical (unpaired) electrons. The van der Waals surface area contributed by atoms with Gasteiger partial charge in [-0.15, -0.1) is 0 Å². The van der Waals surface area contributed by atoms with Crippen molar-refractivity contribution < 1.29 is 9.84 Å². The molecule has 0 aromatic heterocycles. The van der Waals surface area contributed by atoms with E-state index < -0.39 is 5.60 Å². The highest BCUT2D eigenvalue weighted by Gasteiger charge is 2.54. The molecule has 0 spiro atoms. The van der Waals surface area contributed by atoms with Crippen LogP contribution >= 0.6 is 0 Å². The van der Waals surface area contributed by atoms with Crippen LogP contribution in [0.5, 0.6) is 0 Å². The molecule has 13 heavy (non-hydrogen) atoms. The van der Waals surface area contributed by atoms with E-state index >= 15 is 0 Å². The minimum atomic E-state index is -0.531. The lowest BCUT2D eigenvalue weighted by atomic mass is 9.84. The summed E-state index contributed by atoms with van der Waals surface area (Å²) in [5, 5.41) is 9.93. The van der Waals surface area contributed by atoms with Crippen molar-refractivity contribution in [1.29, 1.82) is 0 Å². The summed E-state index contributed by atoms with van der Waals surface area (Å²) in [5.41, 5.74) is -0.364. The highest BCUT2D eigenvalue weighted by molar-refractivity contribution is 5.03. The Labute approximate surface area is 80.3 Å². The molecule has 0 amide bonds. The van der Waals surface area contributed by atoms with Crippen LogP contribution in [-0.2, 0) is 4.74 Å². The van der Waals surface area contributed by atoms with Crippen LogP contribution in [0.4, 0.5) is 0 Å². The summed E-state index contributed by atoms with van der Waals surface area (Å²) in [4.78, 5) is 0. The lowest BCUT2D eigenvalue weighted by Crippen LogP contribution is -2.31. The first kappa shape index (κ1) is 9.47. The normalized spacial score (nSPS) is 45.2. The zero-order valence-corrected chi connectivity index (χ0v) is 8.84. The zero-order chi connectivity index (χ0) is 9.69. The van der Waals surface area contributed by atoms with Crippen LogP contribution in [-0.4, -0.2) is 22.4 Å². The zero-order valence-electron chi connectivity index (χ0n) is 8.84. The number of hydrogen-bond donors (Lipinski definition) is 1. The van der Waals surface area contributed by atoms with Gasteiger partial charge in [-0.05, 0) is 46.0 Å². The van der Waals surface area contributed by atoms with Crippen molar-refractivity contribution in [1.82, 2.24) is 0 Å². The Kier molecular flexibility index (Phi) is 1.97. The second-order valence-corrected chi connectivity index (χ2v) is 5.40. The molecule has 0 bridgehead atoms. The lowest BCUT2D eigenvalue weighted by Gasteiger charge is -2.28. The van der Waals surface area contributed by atoms with Crippen LogP contribution in [0.2, 0.25) is 0 Å². The molecule has 1 saturated carbocycles. The molecular weight excluding hydrogens is 164 g/mol. The third-order valence-electron chi connectivity index (χ3n) is 3.76. The van der Waals surface area contributed by atoms with Crippen molar-refractivity contribution in [3.63, 3.8) is 0 Å². The van der Waals surface area contributed by atoms with E-state index in [0.717, 1.165) is 12.8 Å². The quantitative estimate of drug-likeness (QED) is 0.633. The number of ether oxygens (including phenoxy) is 1. The number of rotatable bonds is 1. The van der Waals surface area contributed by atoms with Gasteiger partial charge in [-0.25, -0.2) is 0 Å². The molecule has 1 aliphatic carbocycles. The van der Waals surface area contributed by atoms with Gasteiger partial charge in [-0.2, -0.15) is 0 Å². The van der Waals surface area contributed by atoms with Gasteiger partial charge in [0, 0.05) is 0 Å². The Morgan fingerprint density at radius 2 is 2.15 bits per heavy atom. The lowest BCUT2D eigenvalue weighted by molar-refractivity contribution is 0.00513. The van der Waals surface area contributed by atoms with Gasteiger partial charge < -0.3 is 9.84 Å². The number of aliphatic hydroxyl groups is 1. The smallest absolute Gasteiger partial charge is 0.0920 e. The first-order valence-corrected chi connectivity index (χ1v) is 5.32. The Morgan fingerprint density at radius 1 is 1.46 bits per heavy atom. The minimum Gasteiger partial charge on any atom is -0.390 e. The Bertz CT molecular complexity index is 207. The molecule has 3 unspecified atom stereocenters. The molecule has 2 aliphatic rings. The van der Waals surface area contributed by atoms with E-state index in [9.17, 15) is 5.11 Å². The summed E-state index contributed by atoms with van der Waals surface area (Å²) in [5.74, 6) is 0.418. The summed E-state index contributed by atoms with van der Waals surface area (Å²) in [6, 6.07) is 0. The van der Waals surface area contributed by atoms with E-state index in [1.807, 2.05) is 13.8 Å². The van der Waals surface area contributed by atoms with E-state index in [1.54, 1.807) is 0 Å². The largest absolute Gasteiger partial charge is 0.390 e. The summed E-state index contributed by atoms with van der Waals surface area (Å²) < 4.78 is 5.66. The third kappa shape index (κ3) is 1.75. The highest BCUT2D eigenvalue weighted by Crippen LogP contribution is 2.49. The molecule has 2 heteroatoms. The molecule has 2 fully saturated rings. The van der Waals surface area contributed by atoms with E-state index in [0.29, 0.717) is 12.0 Å². The monoisotopic (exact) mass is 184 g/mol. The van der Waals surface area contributed by atoms with Crippen LogP contribution in [0, 0.1) is 5.92 Å². The van der Waals surface area contributed by atoms with Gasteiger partial charge >= 0.3 is 0 Å². The molecule has 0 aromatic carbocycles. The molecule has 2 nitrogen and oxygen atoms in total. The minimum absolute atomic E-state index is 0.167. The van der Waals surface area contributed by atoms with Gasteiger partial charge in [0.2, 0.25) is 0 Å². The van der Waals surface area contributed by atoms with E-state index in [1.165, 1.54) is 12.8 Å². The molecular formula is C11H20O2. The Balaban J connectivity index is 2.02. The van der Waals surface area contributed by atoms with Crippen molar-refractivity contribution in [3.8, 4) is 0 Å². The highest BCUT2D eigenvalue weighted by atomic mass is 16.6. The molecule has 2 rings (SSSR count). The fourth-order valence-corrected chi connectivity index (χ4v) is 2.53. The molecule has 0 aromatic rings. The van der Waals surface area contributed by atoms with Crippen LogP contribution < -0.4 is 0 Å². The first-order valence-electron chi connectivity index (χ1n) is 5.32. The maximum Gasteiger partial charge on any atom is 0.0920 e. The summed E-state index contributed by atoms with van der Waals surface area (Å²) in [6.45, 7) is 6.04. The SMILES string of the molecule is CC(C)(O)C1CCCC2(C)OC2C1. The molecule has 1 N–H and O–H groups in total. The van der Waals surface area contributed by atoms with Crippen LogP contribution in [0.15, 0.2) is 0 Å². The molecule has 3 atom stereocenters. The first-order chi connectivity index (χ1) is 5.92. The second kappa shape index (κ2) is 2.71. The standard InChI is InChI=1S/C11H20O2/c1-10(2,12)8-5-4-6-11(3)9(7-8)13-11/h8-9,12H,4-7H2,1-3H3. The molecule has 76 valence electrons. The maximum absolute atomic E-state index is 9.93. The van der Waals surface area contributed by atoms with Gasteiger partial charge in [-0.3, -0.25) is 0 Å². The van der Waals surface area contributed by atoms with Crippen molar-refractivity contribution >= 4 is 0 Å². The number of fused-ring (bicyclic) bond motifs is 1. The maximum atomic E-state index is 9.93. The second-order valence-electron chi connectivity index (χ2n) is 5.40. The van der Waals surface area contributed by atoms with E-state index in [4.69, 9.17) is 4.74 Å². The van der Waals surface area contributed by atoms with Crippen LogP contribution in [0.3, 0.4) is 0 Å². The fraction of sp³-hybridized carbons (Fsp3) is 1.00. The van der Waals surface area contributed by atoms with Gasteiger partial charge in [0.1, 0.15) is 0 Å². The average molecular weight is 184 g/mol. The van der Waals surface area contributed by atoms with Crippen LogP contribution in [0.1, 0.15) is 46.5 Å². The van der Waals surface area contributed by atoms with Crippen molar-refractivity contribution in [2.45, 2.75) is 63.8 Å². The Hall–Kier alpha value is -0.0800. The predicted molar refractivity (Wildman–Crippen MR) is 51.5 cm³/mol. The van der Waals surface area contributed by atoms with Crippen molar-refractivity contribution in [2.24, 2.45) is 5.92 Å². The Morgan fingerprint density at radius 3 is 2.77 bits per heavy atom. The van der Waals surface area contributed by atoms with Gasteiger partial charge in [0.15, 0.2) is 0 Å².